The number of esters is 1. The summed E-state index contributed by atoms with van der Waals surface area (Å²) in [5.74, 6) is 2.25. The van der Waals surface area contributed by atoms with E-state index in [0.717, 1.165) is 6.42 Å². The molecule has 0 aliphatic heterocycles. The topological polar surface area (TPSA) is 26.3 Å². The fraction of sp³-hybridized carbons (Fsp3) is 0.842. The predicted molar refractivity (Wildman–Crippen MR) is 86.8 cm³/mol. The normalized spacial score (nSPS) is 38.7. The van der Waals surface area contributed by atoms with Crippen molar-refractivity contribution in [1.29, 1.82) is 0 Å². The van der Waals surface area contributed by atoms with E-state index in [1.165, 1.54) is 12.8 Å². The van der Waals surface area contributed by atoms with Gasteiger partial charge in [-0.3, -0.25) is 4.79 Å². The lowest BCUT2D eigenvalue weighted by Crippen LogP contribution is -2.36. The zero-order valence-electron chi connectivity index (χ0n) is 14.6. The standard InChI is InChI=1S/C19H32O2/c1-7-8-15-17(19(15,5)6)18(20)21-16-11-13(4)9-10-14(16)12(2)3/h7-8,12-17H,9-11H2,1-6H3/b8-7-. The molecular formula is C19H32O2. The van der Waals surface area contributed by atoms with Gasteiger partial charge in [0, 0.05) is 0 Å². The molecule has 21 heavy (non-hydrogen) atoms. The lowest BCUT2D eigenvalue weighted by molar-refractivity contribution is -0.158. The molecule has 0 amide bonds. The summed E-state index contributed by atoms with van der Waals surface area (Å²) in [7, 11) is 0. The van der Waals surface area contributed by atoms with E-state index in [1.54, 1.807) is 0 Å². The molecule has 0 radical (unpaired) electrons. The number of carbonyl (C=O) groups excluding carboxylic acids is 1. The van der Waals surface area contributed by atoms with Crippen LogP contribution in [0.15, 0.2) is 12.2 Å². The maximum Gasteiger partial charge on any atom is 0.310 e. The second kappa shape index (κ2) is 6.14. The van der Waals surface area contributed by atoms with E-state index in [2.05, 4.69) is 46.8 Å². The lowest BCUT2D eigenvalue weighted by Gasteiger charge is -2.36. The highest BCUT2D eigenvalue weighted by Gasteiger charge is 2.61. The molecular weight excluding hydrogens is 260 g/mol. The Labute approximate surface area is 130 Å². The van der Waals surface area contributed by atoms with Crippen molar-refractivity contribution in [3.05, 3.63) is 12.2 Å². The van der Waals surface area contributed by atoms with Gasteiger partial charge in [-0.1, -0.05) is 53.2 Å². The smallest absolute Gasteiger partial charge is 0.310 e. The highest BCUT2D eigenvalue weighted by atomic mass is 16.5. The van der Waals surface area contributed by atoms with Gasteiger partial charge >= 0.3 is 5.97 Å². The Morgan fingerprint density at radius 2 is 1.95 bits per heavy atom. The molecule has 2 aliphatic rings. The molecule has 0 saturated heterocycles. The average Bonchev–Trinajstić information content (AvgIpc) is 2.91. The Balaban J connectivity index is 2.01. The van der Waals surface area contributed by atoms with Gasteiger partial charge in [0.15, 0.2) is 0 Å². The highest BCUT2D eigenvalue weighted by molar-refractivity contribution is 5.78. The van der Waals surface area contributed by atoms with Crippen LogP contribution in [0, 0.1) is 35.0 Å². The third-order valence-electron chi connectivity index (χ3n) is 5.79. The molecule has 0 aromatic heterocycles. The molecule has 2 aliphatic carbocycles. The molecule has 0 aromatic rings. The maximum absolute atomic E-state index is 12.6. The van der Waals surface area contributed by atoms with Crippen LogP contribution < -0.4 is 0 Å². The van der Waals surface area contributed by atoms with Crippen LogP contribution >= 0.6 is 0 Å². The van der Waals surface area contributed by atoms with Crippen LogP contribution in [-0.4, -0.2) is 12.1 Å². The van der Waals surface area contributed by atoms with Gasteiger partial charge in [-0.2, -0.15) is 0 Å². The summed E-state index contributed by atoms with van der Waals surface area (Å²) in [6.07, 6.45) is 7.85. The van der Waals surface area contributed by atoms with E-state index in [-0.39, 0.29) is 23.4 Å². The molecule has 0 N–H and O–H groups in total. The fourth-order valence-electron chi connectivity index (χ4n) is 4.17. The molecule has 5 unspecified atom stereocenters. The van der Waals surface area contributed by atoms with Gasteiger partial charge in [-0.15, -0.1) is 0 Å². The molecule has 0 bridgehead atoms. The van der Waals surface area contributed by atoms with Gasteiger partial charge in [0.1, 0.15) is 6.10 Å². The molecule has 120 valence electrons. The van der Waals surface area contributed by atoms with Gasteiger partial charge in [0.05, 0.1) is 5.92 Å². The van der Waals surface area contributed by atoms with Crippen molar-refractivity contribution in [2.45, 2.75) is 66.9 Å². The minimum absolute atomic E-state index is 0.0350. The number of allylic oxidation sites excluding steroid dienone is 2. The second-order valence-corrected chi connectivity index (χ2v) is 8.15. The summed E-state index contributed by atoms with van der Waals surface area (Å²) in [5.41, 5.74) is 0.0667. The number of hydrogen-bond donors (Lipinski definition) is 0. The van der Waals surface area contributed by atoms with Crippen LogP contribution in [-0.2, 0) is 9.53 Å². The van der Waals surface area contributed by atoms with Crippen LogP contribution in [0.1, 0.15) is 60.8 Å². The van der Waals surface area contributed by atoms with Crippen LogP contribution in [0.4, 0.5) is 0 Å². The third kappa shape index (κ3) is 3.35. The van der Waals surface area contributed by atoms with Crippen molar-refractivity contribution in [3.8, 4) is 0 Å². The van der Waals surface area contributed by atoms with Crippen molar-refractivity contribution in [2.75, 3.05) is 0 Å². The summed E-state index contributed by atoms with van der Waals surface area (Å²) in [6, 6.07) is 0. The molecule has 2 saturated carbocycles. The Hall–Kier alpha value is -0.790. The Morgan fingerprint density at radius 1 is 1.29 bits per heavy atom. The first-order chi connectivity index (χ1) is 9.78. The first kappa shape index (κ1) is 16.6. The molecule has 5 atom stereocenters. The van der Waals surface area contributed by atoms with Crippen molar-refractivity contribution in [2.24, 2.45) is 35.0 Å². The van der Waals surface area contributed by atoms with E-state index in [9.17, 15) is 4.79 Å². The van der Waals surface area contributed by atoms with Crippen LogP contribution in [0.3, 0.4) is 0 Å². The zero-order valence-corrected chi connectivity index (χ0v) is 14.6. The van der Waals surface area contributed by atoms with Crippen LogP contribution in [0.25, 0.3) is 0 Å². The maximum atomic E-state index is 12.6. The fourth-order valence-corrected chi connectivity index (χ4v) is 4.17. The van der Waals surface area contributed by atoms with Crippen molar-refractivity contribution >= 4 is 5.97 Å². The summed E-state index contributed by atoms with van der Waals surface area (Å²) in [4.78, 5) is 12.6. The quantitative estimate of drug-likeness (QED) is 0.547. The predicted octanol–water partition coefficient (Wildman–Crippen LogP) is 4.84. The summed E-state index contributed by atoms with van der Waals surface area (Å²) < 4.78 is 6.00. The van der Waals surface area contributed by atoms with Gasteiger partial charge in [-0.25, -0.2) is 0 Å². The van der Waals surface area contributed by atoms with E-state index < -0.39 is 0 Å². The van der Waals surface area contributed by atoms with Gasteiger partial charge in [0.2, 0.25) is 0 Å². The molecule has 0 heterocycles. The number of hydrogen-bond acceptors (Lipinski definition) is 2. The minimum atomic E-state index is 0.0350. The highest BCUT2D eigenvalue weighted by Crippen LogP contribution is 2.59. The molecule has 2 heteroatoms. The first-order valence-corrected chi connectivity index (χ1v) is 8.62. The van der Waals surface area contributed by atoms with E-state index >= 15 is 0 Å². The van der Waals surface area contributed by atoms with E-state index in [4.69, 9.17) is 4.74 Å². The van der Waals surface area contributed by atoms with E-state index in [1.807, 2.05) is 6.92 Å². The monoisotopic (exact) mass is 292 g/mol. The number of ether oxygens (including phenoxy) is 1. The van der Waals surface area contributed by atoms with Crippen molar-refractivity contribution in [1.82, 2.24) is 0 Å². The number of carbonyl (C=O) groups is 1. The Bertz CT molecular complexity index is 408. The summed E-state index contributed by atoms with van der Waals surface area (Å²) in [6.45, 7) is 13.2. The largest absolute Gasteiger partial charge is 0.462 e. The third-order valence-corrected chi connectivity index (χ3v) is 5.79. The molecule has 0 spiro atoms. The Morgan fingerprint density at radius 3 is 2.52 bits per heavy atom. The van der Waals surface area contributed by atoms with Crippen LogP contribution in [0.2, 0.25) is 0 Å². The number of rotatable bonds is 4. The summed E-state index contributed by atoms with van der Waals surface area (Å²) in [5, 5.41) is 0. The van der Waals surface area contributed by atoms with E-state index in [0.29, 0.717) is 23.7 Å². The zero-order chi connectivity index (χ0) is 15.8. The minimum Gasteiger partial charge on any atom is -0.462 e. The average molecular weight is 292 g/mol. The molecule has 2 nitrogen and oxygen atoms in total. The van der Waals surface area contributed by atoms with Crippen molar-refractivity contribution in [3.63, 3.8) is 0 Å². The molecule has 2 fully saturated rings. The van der Waals surface area contributed by atoms with Crippen LogP contribution in [0.5, 0.6) is 0 Å². The van der Waals surface area contributed by atoms with Gasteiger partial charge < -0.3 is 4.74 Å². The molecule has 0 aromatic carbocycles. The molecule has 2 rings (SSSR count). The Kier molecular flexibility index (Phi) is 4.85. The van der Waals surface area contributed by atoms with Gasteiger partial charge in [-0.05, 0) is 48.9 Å². The SMILES string of the molecule is C/C=C\C1C(C(=O)OC2CC(C)CCC2C(C)C)C1(C)C. The lowest BCUT2D eigenvalue weighted by atomic mass is 9.75. The summed E-state index contributed by atoms with van der Waals surface area (Å²) >= 11 is 0. The first-order valence-electron chi connectivity index (χ1n) is 8.62. The van der Waals surface area contributed by atoms with Crippen molar-refractivity contribution < 1.29 is 9.53 Å². The van der Waals surface area contributed by atoms with Gasteiger partial charge in [0.25, 0.3) is 0 Å². The second-order valence-electron chi connectivity index (χ2n) is 8.15.